The van der Waals surface area contributed by atoms with Crippen molar-refractivity contribution in [2.24, 2.45) is 0 Å². The van der Waals surface area contributed by atoms with E-state index in [1.54, 1.807) is 30.3 Å². The number of benzene rings is 3. The lowest BCUT2D eigenvalue weighted by atomic mass is 9.97. The number of carbonyl (C=O) groups is 3. The molecule has 0 spiro atoms. The van der Waals surface area contributed by atoms with E-state index in [0.29, 0.717) is 56.3 Å². The number of hydrogen-bond acceptors (Lipinski definition) is 9. The Morgan fingerprint density at radius 2 is 1.23 bits per heavy atom. The van der Waals surface area contributed by atoms with Gasteiger partial charge >= 0.3 is 17.9 Å². The lowest BCUT2D eigenvalue weighted by molar-refractivity contribution is -0.140. The van der Waals surface area contributed by atoms with Gasteiger partial charge in [0, 0.05) is 6.08 Å². The monoisotopic (exact) mass is 644 g/mol. The molecule has 0 fully saturated rings. The van der Waals surface area contributed by atoms with E-state index in [-0.39, 0.29) is 5.57 Å². The number of unbranched alkanes of at least 4 members (excludes halogenated alkanes) is 4. The van der Waals surface area contributed by atoms with Crippen molar-refractivity contribution in [1.82, 2.24) is 0 Å². The van der Waals surface area contributed by atoms with Gasteiger partial charge in [0.15, 0.2) is 0 Å². The molecule has 3 aromatic rings. The standard InChI is InChI=1S/C38H44O9/c1-4-29-26-31(30-12-15-32(16-13-30)43-22-8-6-7-9-25-46-37(41)28(3)27-39)14-21-35(29)38(42)47-34-19-17-33(18-20-34)44-23-10-11-24-45-36(40)5-2/h5,12-21,26,39H,2-4,6-11,22-25,27H2,1H3. The molecular weight excluding hydrogens is 600 g/mol. The second-order valence-corrected chi connectivity index (χ2v) is 10.7. The van der Waals surface area contributed by atoms with Crippen LogP contribution in [-0.4, -0.2) is 56.0 Å². The van der Waals surface area contributed by atoms with Crippen molar-refractivity contribution < 1.29 is 43.2 Å². The Hall–Kier alpha value is -4.89. The molecule has 9 heteroatoms. The van der Waals surface area contributed by atoms with Crippen molar-refractivity contribution in [3.8, 4) is 28.4 Å². The Morgan fingerprint density at radius 3 is 1.85 bits per heavy atom. The first-order valence-corrected chi connectivity index (χ1v) is 15.9. The van der Waals surface area contributed by atoms with E-state index >= 15 is 0 Å². The van der Waals surface area contributed by atoms with E-state index in [1.807, 2.05) is 43.3 Å². The molecule has 3 rings (SSSR count). The Labute approximate surface area is 276 Å². The first-order chi connectivity index (χ1) is 22.8. The highest BCUT2D eigenvalue weighted by molar-refractivity contribution is 5.93. The molecule has 0 unspecified atom stereocenters. The van der Waals surface area contributed by atoms with Crippen LogP contribution >= 0.6 is 0 Å². The topological polar surface area (TPSA) is 118 Å². The molecule has 0 aliphatic heterocycles. The van der Waals surface area contributed by atoms with Gasteiger partial charge in [0.25, 0.3) is 0 Å². The summed E-state index contributed by atoms with van der Waals surface area (Å²) in [5.41, 5.74) is 3.48. The fourth-order valence-electron chi connectivity index (χ4n) is 4.48. The van der Waals surface area contributed by atoms with E-state index in [4.69, 9.17) is 28.8 Å². The predicted molar refractivity (Wildman–Crippen MR) is 180 cm³/mol. The summed E-state index contributed by atoms with van der Waals surface area (Å²) in [6, 6.07) is 20.5. The maximum Gasteiger partial charge on any atom is 0.343 e. The molecule has 0 aliphatic carbocycles. The summed E-state index contributed by atoms with van der Waals surface area (Å²) < 4.78 is 27.2. The summed E-state index contributed by atoms with van der Waals surface area (Å²) >= 11 is 0. The minimum absolute atomic E-state index is 0.0645. The van der Waals surface area contributed by atoms with Gasteiger partial charge in [0.05, 0.1) is 44.2 Å². The normalized spacial score (nSPS) is 10.5. The van der Waals surface area contributed by atoms with Crippen molar-refractivity contribution in [2.45, 2.75) is 51.9 Å². The molecule has 47 heavy (non-hydrogen) atoms. The molecule has 0 saturated carbocycles. The first kappa shape index (κ1) is 36.6. The molecule has 0 saturated heterocycles. The van der Waals surface area contributed by atoms with Crippen LogP contribution in [0.1, 0.15) is 61.4 Å². The highest BCUT2D eigenvalue weighted by atomic mass is 16.5. The zero-order valence-electron chi connectivity index (χ0n) is 27.0. The number of aliphatic hydroxyl groups excluding tert-OH is 1. The molecule has 1 N–H and O–H groups in total. The number of esters is 3. The maximum absolute atomic E-state index is 13.0. The first-order valence-electron chi connectivity index (χ1n) is 15.9. The lowest BCUT2D eigenvalue weighted by Crippen LogP contribution is -2.11. The van der Waals surface area contributed by atoms with E-state index in [2.05, 4.69) is 13.2 Å². The molecule has 0 heterocycles. The van der Waals surface area contributed by atoms with Crippen LogP contribution in [0, 0.1) is 0 Å². The maximum atomic E-state index is 13.0. The zero-order chi connectivity index (χ0) is 33.9. The summed E-state index contributed by atoms with van der Waals surface area (Å²) in [5.74, 6) is 0.454. The van der Waals surface area contributed by atoms with Crippen LogP contribution in [0.2, 0.25) is 0 Å². The molecule has 0 aliphatic rings. The van der Waals surface area contributed by atoms with Crippen LogP contribution in [0.25, 0.3) is 11.1 Å². The number of aryl methyl sites for hydroxylation is 1. The van der Waals surface area contributed by atoms with Crippen LogP contribution in [0.15, 0.2) is 91.5 Å². The van der Waals surface area contributed by atoms with Gasteiger partial charge in [-0.25, -0.2) is 14.4 Å². The second kappa shape index (κ2) is 20.3. The highest BCUT2D eigenvalue weighted by Gasteiger charge is 2.15. The van der Waals surface area contributed by atoms with Crippen LogP contribution in [0.5, 0.6) is 17.2 Å². The zero-order valence-corrected chi connectivity index (χ0v) is 27.0. The van der Waals surface area contributed by atoms with Crippen LogP contribution in [0.3, 0.4) is 0 Å². The molecule has 0 amide bonds. The summed E-state index contributed by atoms with van der Waals surface area (Å²) in [7, 11) is 0. The number of hydrogen-bond donors (Lipinski definition) is 1. The smallest absolute Gasteiger partial charge is 0.343 e. The van der Waals surface area contributed by atoms with Crippen molar-refractivity contribution in [2.75, 3.05) is 33.0 Å². The summed E-state index contributed by atoms with van der Waals surface area (Å²) in [5, 5.41) is 8.87. The largest absolute Gasteiger partial charge is 0.494 e. The Bertz CT molecular complexity index is 1460. The van der Waals surface area contributed by atoms with Crippen LogP contribution in [0.4, 0.5) is 0 Å². The molecule has 0 aromatic heterocycles. The van der Waals surface area contributed by atoms with Gasteiger partial charge in [-0.3, -0.25) is 0 Å². The number of ether oxygens (including phenoxy) is 5. The minimum atomic E-state index is -0.551. The Kier molecular flexibility index (Phi) is 15.8. The SMILES string of the molecule is C=CC(=O)OCCCCOc1ccc(OC(=O)c2ccc(-c3ccc(OCCCCCCOC(=O)C(=C)CO)cc3)cc2CC)cc1. The molecule has 250 valence electrons. The van der Waals surface area contributed by atoms with Gasteiger partial charge in [-0.1, -0.05) is 44.3 Å². The summed E-state index contributed by atoms with van der Waals surface area (Å²) in [4.78, 5) is 35.5. The van der Waals surface area contributed by atoms with E-state index in [0.717, 1.165) is 60.6 Å². The highest BCUT2D eigenvalue weighted by Crippen LogP contribution is 2.27. The molecule has 9 nitrogen and oxygen atoms in total. The van der Waals surface area contributed by atoms with E-state index in [9.17, 15) is 14.4 Å². The van der Waals surface area contributed by atoms with Gasteiger partial charge in [-0.05, 0) is 104 Å². The Morgan fingerprint density at radius 1 is 0.702 bits per heavy atom. The molecular formula is C38H44O9. The molecule has 0 radical (unpaired) electrons. The van der Waals surface area contributed by atoms with Gasteiger partial charge in [-0.15, -0.1) is 0 Å². The third kappa shape index (κ3) is 12.8. The van der Waals surface area contributed by atoms with Crippen LogP contribution in [-0.2, 0) is 25.5 Å². The van der Waals surface area contributed by atoms with Gasteiger partial charge in [0.1, 0.15) is 17.2 Å². The third-order valence-corrected chi connectivity index (χ3v) is 7.17. The van der Waals surface area contributed by atoms with Crippen molar-refractivity contribution in [3.05, 3.63) is 103 Å². The minimum Gasteiger partial charge on any atom is -0.494 e. The number of carbonyl (C=O) groups excluding carboxylic acids is 3. The lowest BCUT2D eigenvalue weighted by Gasteiger charge is -2.12. The summed E-state index contributed by atoms with van der Waals surface area (Å²) in [6.45, 7) is 10.1. The van der Waals surface area contributed by atoms with Gasteiger partial charge < -0.3 is 28.8 Å². The number of aliphatic hydroxyl groups is 1. The molecule has 0 bridgehead atoms. The molecule has 3 aromatic carbocycles. The number of rotatable bonds is 21. The van der Waals surface area contributed by atoms with Crippen molar-refractivity contribution in [1.29, 1.82) is 0 Å². The van der Waals surface area contributed by atoms with Crippen molar-refractivity contribution in [3.63, 3.8) is 0 Å². The van der Waals surface area contributed by atoms with Crippen LogP contribution < -0.4 is 14.2 Å². The average molecular weight is 645 g/mol. The summed E-state index contributed by atoms with van der Waals surface area (Å²) in [6.07, 6.45) is 6.70. The van der Waals surface area contributed by atoms with Crippen molar-refractivity contribution >= 4 is 17.9 Å². The predicted octanol–water partition coefficient (Wildman–Crippen LogP) is 7.05. The second-order valence-electron chi connectivity index (χ2n) is 10.7. The third-order valence-electron chi connectivity index (χ3n) is 7.17. The Balaban J connectivity index is 1.41. The van der Waals surface area contributed by atoms with Gasteiger partial charge in [0.2, 0.25) is 0 Å². The van der Waals surface area contributed by atoms with E-state index < -0.39 is 24.5 Å². The quantitative estimate of drug-likeness (QED) is 0.0563. The molecule has 0 atom stereocenters. The fraction of sp³-hybridized carbons (Fsp3) is 0.342. The van der Waals surface area contributed by atoms with E-state index in [1.165, 1.54) is 0 Å². The fourth-order valence-corrected chi connectivity index (χ4v) is 4.48. The van der Waals surface area contributed by atoms with Gasteiger partial charge in [-0.2, -0.15) is 0 Å². The average Bonchev–Trinajstić information content (AvgIpc) is 3.10.